The molecule has 0 bridgehead atoms. The Morgan fingerprint density at radius 2 is 1.88 bits per heavy atom. The first-order valence-corrected chi connectivity index (χ1v) is 6.64. The normalized spacial score (nSPS) is 21.1. The summed E-state index contributed by atoms with van der Waals surface area (Å²) in [7, 11) is 0. The summed E-state index contributed by atoms with van der Waals surface area (Å²) in [4.78, 5) is 2.45. The highest BCUT2D eigenvalue weighted by Gasteiger charge is 2.23. The Bertz CT molecular complexity index is 351. The van der Waals surface area contributed by atoms with Gasteiger partial charge in [0.1, 0.15) is 5.75 Å². The largest absolute Gasteiger partial charge is 0.490 e. The van der Waals surface area contributed by atoms with E-state index in [-0.39, 0.29) is 0 Å². The van der Waals surface area contributed by atoms with Crippen LogP contribution in [0.1, 0.15) is 19.3 Å². The molecule has 17 heavy (non-hydrogen) atoms. The summed E-state index contributed by atoms with van der Waals surface area (Å²) in [6.07, 6.45) is 4.16. The summed E-state index contributed by atoms with van der Waals surface area (Å²) in [5.41, 5.74) is 1.32. The molecule has 0 amide bonds. The van der Waals surface area contributed by atoms with Gasteiger partial charge >= 0.3 is 0 Å². The summed E-state index contributed by atoms with van der Waals surface area (Å²) < 4.78 is 5.76. The minimum atomic E-state index is 0.489. The third-order valence-electron chi connectivity index (χ3n) is 3.37. The van der Waals surface area contributed by atoms with Gasteiger partial charge in [-0.1, -0.05) is 0 Å². The van der Waals surface area contributed by atoms with Gasteiger partial charge in [-0.3, -0.25) is 0 Å². The molecule has 1 aliphatic carbocycles. The molecule has 0 radical (unpaired) electrons. The number of hydrogen-bond acceptors (Lipinski definition) is 3. The molecule has 0 aromatic heterocycles. The van der Waals surface area contributed by atoms with Gasteiger partial charge in [-0.2, -0.15) is 0 Å². The Hall–Kier alpha value is -1.22. The van der Waals surface area contributed by atoms with Gasteiger partial charge in [0.15, 0.2) is 0 Å². The first-order chi connectivity index (χ1) is 8.42. The monoisotopic (exact) mass is 232 g/mol. The van der Waals surface area contributed by atoms with Crippen LogP contribution in [0.3, 0.4) is 0 Å². The topological polar surface area (TPSA) is 24.5 Å². The minimum absolute atomic E-state index is 0.489. The van der Waals surface area contributed by atoms with Crippen molar-refractivity contribution in [3.8, 4) is 5.75 Å². The van der Waals surface area contributed by atoms with Crippen molar-refractivity contribution in [3.05, 3.63) is 24.3 Å². The summed E-state index contributed by atoms with van der Waals surface area (Å²) in [5, 5.41) is 3.43. The molecule has 3 heteroatoms. The zero-order valence-electron chi connectivity index (χ0n) is 10.2. The van der Waals surface area contributed by atoms with Gasteiger partial charge in [0.2, 0.25) is 0 Å². The molecule has 3 nitrogen and oxygen atoms in total. The summed E-state index contributed by atoms with van der Waals surface area (Å²) in [5.74, 6) is 1.02. The van der Waals surface area contributed by atoms with Crippen molar-refractivity contribution in [1.82, 2.24) is 5.32 Å². The van der Waals surface area contributed by atoms with E-state index in [4.69, 9.17) is 4.74 Å². The quantitative estimate of drug-likeness (QED) is 0.863. The molecular weight excluding hydrogens is 212 g/mol. The smallest absolute Gasteiger partial charge is 0.119 e. The first kappa shape index (κ1) is 10.9. The lowest BCUT2D eigenvalue weighted by Crippen LogP contribution is -2.27. The van der Waals surface area contributed by atoms with Crippen LogP contribution in [0.2, 0.25) is 0 Å². The van der Waals surface area contributed by atoms with E-state index in [0.717, 1.165) is 31.9 Å². The van der Waals surface area contributed by atoms with Gasteiger partial charge in [-0.15, -0.1) is 0 Å². The fourth-order valence-electron chi connectivity index (χ4n) is 2.22. The van der Waals surface area contributed by atoms with Gasteiger partial charge in [0, 0.05) is 25.3 Å². The van der Waals surface area contributed by atoms with Crippen molar-refractivity contribution in [3.63, 3.8) is 0 Å². The molecule has 2 aliphatic rings. The van der Waals surface area contributed by atoms with E-state index in [2.05, 4.69) is 34.5 Å². The molecule has 92 valence electrons. The third-order valence-corrected chi connectivity index (χ3v) is 3.37. The van der Waals surface area contributed by atoms with Crippen molar-refractivity contribution < 1.29 is 4.74 Å². The predicted molar refractivity (Wildman–Crippen MR) is 69.8 cm³/mol. The maximum Gasteiger partial charge on any atom is 0.119 e. The van der Waals surface area contributed by atoms with Crippen LogP contribution in [0.25, 0.3) is 0 Å². The van der Waals surface area contributed by atoms with Crippen molar-refractivity contribution in [1.29, 1.82) is 0 Å². The van der Waals surface area contributed by atoms with Crippen molar-refractivity contribution >= 4 is 5.69 Å². The van der Waals surface area contributed by atoms with E-state index in [1.54, 1.807) is 0 Å². The molecule has 2 fully saturated rings. The van der Waals surface area contributed by atoms with Gasteiger partial charge in [0.05, 0.1) is 6.10 Å². The molecule has 0 atom stereocenters. The molecule has 1 saturated carbocycles. The maximum absolute atomic E-state index is 5.76. The van der Waals surface area contributed by atoms with Crippen LogP contribution in [0, 0.1) is 0 Å². The zero-order valence-corrected chi connectivity index (χ0v) is 10.2. The molecule has 1 saturated heterocycles. The fourth-order valence-corrected chi connectivity index (χ4v) is 2.22. The molecule has 0 unspecified atom stereocenters. The second-order valence-electron chi connectivity index (χ2n) is 4.90. The molecule has 1 aliphatic heterocycles. The lowest BCUT2D eigenvalue weighted by molar-refractivity contribution is 0.303. The number of ether oxygens (including phenoxy) is 1. The second kappa shape index (κ2) is 4.96. The predicted octanol–water partition coefficient (Wildman–Crippen LogP) is 2.03. The average Bonchev–Trinajstić information content (AvgIpc) is 3.16. The molecule has 0 spiro atoms. The van der Waals surface area contributed by atoms with E-state index in [9.17, 15) is 0 Å². The van der Waals surface area contributed by atoms with Crippen LogP contribution in [-0.4, -0.2) is 32.3 Å². The highest BCUT2D eigenvalue weighted by atomic mass is 16.5. The Kier molecular flexibility index (Phi) is 3.18. The number of nitrogens with one attached hydrogen (secondary N) is 1. The van der Waals surface area contributed by atoms with Crippen LogP contribution in [-0.2, 0) is 0 Å². The zero-order chi connectivity index (χ0) is 11.5. The highest BCUT2D eigenvalue weighted by molar-refractivity contribution is 5.49. The maximum atomic E-state index is 5.76. The van der Waals surface area contributed by atoms with E-state index in [1.165, 1.54) is 24.9 Å². The summed E-state index contributed by atoms with van der Waals surface area (Å²) >= 11 is 0. The van der Waals surface area contributed by atoms with Crippen molar-refractivity contribution in [2.45, 2.75) is 25.4 Å². The Morgan fingerprint density at radius 1 is 1.06 bits per heavy atom. The van der Waals surface area contributed by atoms with Gasteiger partial charge in [0.25, 0.3) is 0 Å². The van der Waals surface area contributed by atoms with Crippen LogP contribution in [0.15, 0.2) is 24.3 Å². The summed E-state index contributed by atoms with van der Waals surface area (Å²) in [6.45, 7) is 4.47. The van der Waals surface area contributed by atoms with Gasteiger partial charge in [-0.05, 0) is 50.1 Å². The fraction of sp³-hybridized carbons (Fsp3) is 0.571. The Balaban J connectivity index is 1.65. The lowest BCUT2D eigenvalue weighted by Gasteiger charge is -2.22. The van der Waals surface area contributed by atoms with Crippen LogP contribution < -0.4 is 15.0 Å². The number of nitrogens with zero attached hydrogens (tertiary/aromatic N) is 1. The molecule has 1 aromatic rings. The van der Waals surface area contributed by atoms with Crippen molar-refractivity contribution in [2.75, 3.05) is 31.1 Å². The number of benzene rings is 1. The van der Waals surface area contributed by atoms with Gasteiger partial charge in [-0.25, -0.2) is 0 Å². The summed E-state index contributed by atoms with van der Waals surface area (Å²) in [6, 6.07) is 8.57. The van der Waals surface area contributed by atoms with Crippen molar-refractivity contribution in [2.24, 2.45) is 0 Å². The standard InChI is InChI=1S/C14H20N2O/c1-8-15-9-11-16(10-1)12-2-4-13(5-3-12)17-14-6-7-14/h2-5,14-15H,1,6-11H2. The SMILES string of the molecule is c1cc(N2CCCNCC2)ccc1OC1CC1. The number of hydrogen-bond donors (Lipinski definition) is 1. The number of rotatable bonds is 3. The highest BCUT2D eigenvalue weighted by Crippen LogP contribution is 2.28. The first-order valence-electron chi connectivity index (χ1n) is 6.64. The number of anilines is 1. The van der Waals surface area contributed by atoms with E-state index in [1.807, 2.05) is 0 Å². The van der Waals surface area contributed by atoms with E-state index < -0.39 is 0 Å². The third kappa shape index (κ3) is 2.91. The average molecular weight is 232 g/mol. The van der Waals surface area contributed by atoms with Gasteiger partial charge < -0.3 is 15.0 Å². The Labute approximate surface area is 103 Å². The second-order valence-corrected chi connectivity index (χ2v) is 4.90. The van der Waals surface area contributed by atoms with Crippen LogP contribution >= 0.6 is 0 Å². The molecule has 1 aromatic carbocycles. The van der Waals surface area contributed by atoms with E-state index >= 15 is 0 Å². The molecular formula is C14H20N2O. The lowest BCUT2D eigenvalue weighted by atomic mass is 10.2. The van der Waals surface area contributed by atoms with Crippen LogP contribution in [0.5, 0.6) is 5.75 Å². The van der Waals surface area contributed by atoms with Crippen LogP contribution in [0.4, 0.5) is 5.69 Å². The Morgan fingerprint density at radius 3 is 2.65 bits per heavy atom. The van der Waals surface area contributed by atoms with E-state index in [0.29, 0.717) is 6.10 Å². The molecule has 1 N–H and O–H groups in total. The molecule has 3 rings (SSSR count). The minimum Gasteiger partial charge on any atom is -0.490 e. The molecule has 1 heterocycles.